The van der Waals surface area contributed by atoms with Crippen LogP contribution in [0.15, 0.2) is 54.6 Å². The van der Waals surface area contributed by atoms with Gasteiger partial charge < -0.3 is 9.47 Å². The Hall–Kier alpha value is -3.09. The van der Waals surface area contributed by atoms with Crippen LogP contribution in [0.2, 0.25) is 0 Å². The van der Waals surface area contributed by atoms with Crippen LogP contribution in [0.5, 0.6) is 0 Å². The third kappa shape index (κ3) is 4.09. The first kappa shape index (κ1) is 21.2. The summed E-state index contributed by atoms with van der Waals surface area (Å²) in [5.41, 5.74) is 0.307. The number of benzene rings is 2. The van der Waals surface area contributed by atoms with Gasteiger partial charge >= 0.3 is 6.18 Å². The third-order valence-corrected chi connectivity index (χ3v) is 5.71. The number of aromatic nitrogens is 1. The van der Waals surface area contributed by atoms with E-state index in [2.05, 4.69) is 0 Å². The first-order chi connectivity index (χ1) is 14.7. The summed E-state index contributed by atoms with van der Waals surface area (Å²) in [5.74, 6) is -0.958. The molecule has 0 spiro atoms. The molecular formula is C24H22F4N2O. The van der Waals surface area contributed by atoms with Crippen molar-refractivity contribution >= 4 is 5.91 Å². The molecule has 162 valence electrons. The number of nitrogens with zero attached hydrogens (tertiary/aromatic N) is 2. The Morgan fingerprint density at radius 2 is 1.68 bits per heavy atom. The normalized spacial score (nSPS) is 14.0. The Morgan fingerprint density at radius 3 is 2.23 bits per heavy atom. The van der Waals surface area contributed by atoms with E-state index in [1.54, 1.807) is 37.4 Å². The fourth-order valence-electron chi connectivity index (χ4n) is 4.02. The molecule has 3 nitrogen and oxygen atoms in total. The van der Waals surface area contributed by atoms with E-state index in [0.29, 0.717) is 11.1 Å². The second-order valence-electron chi connectivity index (χ2n) is 7.92. The Kier molecular flexibility index (Phi) is 5.37. The monoisotopic (exact) mass is 430 g/mol. The lowest BCUT2D eigenvalue weighted by Gasteiger charge is -2.21. The Bertz CT molecular complexity index is 1100. The minimum Gasteiger partial charge on any atom is -0.337 e. The van der Waals surface area contributed by atoms with Gasteiger partial charge in [-0.25, -0.2) is 4.39 Å². The predicted octanol–water partition coefficient (Wildman–Crippen LogP) is 5.90. The lowest BCUT2D eigenvalue weighted by atomic mass is 10.00. The largest absolute Gasteiger partial charge is 0.431 e. The Morgan fingerprint density at radius 1 is 1.06 bits per heavy atom. The van der Waals surface area contributed by atoms with Crippen molar-refractivity contribution in [1.29, 1.82) is 0 Å². The van der Waals surface area contributed by atoms with Gasteiger partial charge in [0.15, 0.2) is 0 Å². The van der Waals surface area contributed by atoms with Crippen molar-refractivity contribution in [3.05, 3.63) is 82.9 Å². The second-order valence-corrected chi connectivity index (χ2v) is 7.92. The van der Waals surface area contributed by atoms with Crippen LogP contribution in [-0.4, -0.2) is 28.5 Å². The van der Waals surface area contributed by atoms with Crippen LogP contribution < -0.4 is 0 Å². The van der Waals surface area contributed by atoms with Crippen LogP contribution in [0.1, 0.15) is 40.2 Å². The highest BCUT2D eigenvalue weighted by atomic mass is 19.4. The van der Waals surface area contributed by atoms with E-state index in [-0.39, 0.29) is 29.4 Å². The van der Waals surface area contributed by atoms with Gasteiger partial charge in [-0.2, -0.15) is 13.2 Å². The molecule has 1 amide bonds. The zero-order chi connectivity index (χ0) is 22.3. The molecule has 1 aliphatic carbocycles. The molecule has 0 saturated heterocycles. The van der Waals surface area contributed by atoms with Crippen LogP contribution in [-0.2, 0) is 12.7 Å². The minimum atomic E-state index is -4.66. The van der Waals surface area contributed by atoms with E-state index >= 15 is 0 Å². The van der Waals surface area contributed by atoms with Crippen molar-refractivity contribution in [2.45, 2.75) is 38.5 Å². The minimum absolute atomic E-state index is 0.0188. The van der Waals surface area contributed by atoms with Crippen LogP contribution in [0.4, 0.5) is 17.6 Å². The summed E-state index contributed by atoms with van der Waals surface area (Å²) in [7, 11) is 1.62. The van der Waals surface area contributed by atoms with Gasteiger partial charge in [0.1, 0.15) is 17.2 Å². The molecular weight excluding hydrogens is 408 g/mol. The second kappa shape index (κ2) is 7.87. The highest BCUT2D eigenvalue weighted by molar-refractivity contribution is 6.01. The van der Waals surface area contributed by atoms with E-state index in [9.17, 15) is 22.4 Å². The molecule has 0 atom stereocenters. The van der Waals surface area contributed by atoms with E-state index in [1.165, 1.54) is 36.1 Å². The van der Waals surface area contributed by atoms with Crippen molar-refractivity contribution in [2.24, 2.45) is 0 Å². The van der Waals surface area contributed by atoms with Gasteiger partial charge in [0.25, 0.3) is 5.91 Å². The topological polar surface area (TPSA) is 25.2 Å². The summed E-state index contributed by atoms with van der Waals surface area (Å²) >= 11 is 0. The highest BCUT2D eigenvalue weighted by Gasteiger charge is 2.42. The average molecular weight is 430 g/mol. The number of hydrogen-bond acceptors (Lipinski definition) is 1. The van der Waals surface area contributed by atoms with Crippen molar-refractivity contribution in [1.82, 2.24) is 9.47 Å². The first-order valence-electron chi connectivity index (χ1n) is 10.1. The molecule has 0 radical (unpaired) electrons. The summed E-state index contributed by atoms with van der Waals surface area (Å²) in [5, 5.41) is 0. The number of halogens is 4. The Balaban J connectivity index is 1.99. The molecule has 2 aromatic carbocycles. The molecule has 7 heteroatoms. The molecule has 0 unspecified atom stereocenters. The van der Waals surface area contributed by atoms with Gasteiger partial charge in [-0.3, -0.25) is 4.79 Å². The van der Waals surface area contributed by atoms with Crippen LogP contribution in [0.3, 0.4) is 0 Å². The fourth-order valence-corrected chi connectivity index (χ4v) is 4.02. The molecule has 1 fully saturated rings. The number of rotatable bonds is 5. The van der Waals surface area contributed by atoms with Gasteiger partial charge in [-0.05, 0) is 48.6 Å². The van der Waals surface area contributed by atoms with Gasteiger partial charge in [0, 0.05) is 25.2 Å². The maximum absolute atomic E-state index is 14.2. The number of alkyl halides is 3. The maximum Gasteiger partial charge on any atom is 0.431 e. The third-order valence-electron chi connectivity index (χ3n) is 5.71. The number of carbonyl (C=O) groups is 1. The number of carbonyl (C=O) groups excluding carboxylic acids is 1. The molecule has 0 bridgehead atoms. The van der Waals surface area contributed by atoms with Crippen molar-refractivity contribution in [2.75, 3.05) is 7.05 Å². The first-order valence-corrected chi connectivity index (χ1v) is 10.1. The van der Waals surface area contributed by atoms with Crippen molar-refractivity contribution in [3.63, 3.8) is 0 Å². The van der Waals surface area contributed by atoms with Crippen molar-refractivity contribution in [3.8, 4) is 11.1 Å². The van der Waals surface area contributed by atoms with E-state index in [0.717, 1.165) is 17.4 Å². The zero-order valence-electron chi connectivity index (χ0n) is 17.2. The number of hydrogen-bond donors (Lipinski definition) is 0. The smallest absolute Gasteiger partial charge is 0.337 e. The van der Waals surface area contributed by atoms with Crippen LogP contribution in [0.25, 0.3) is 11.1 Å². The van der Waals surface area contributed by atoms with E-state index < -0.39 is 23.6 Å². The Labute approximate surface area is 177 Å². The lowest BCUT2D eigenvalue weighted by Crippen LogP contribution is -2.32. The van der Waals surface area contributed by atoms with E-state index in [1.807, 2.05) is 0 Å². The van der Waals surface area contributed by atoms with Gasteiger partial charge in [0.05, 0.1) is 0 Å². The van der Waals surface area contributed by atoms with E-state index in [4.69, 9.17) is 0 Å². The molecule has 0 N–H and O–H groups in total. The lowest BCUT2D eigenvalue weighted by molar-refractivity contribution is -0.143. The molecule has 1 aromatic heterocycles. The molecule has 1 aliphatic rings. The average Bonchev–Trinajstić information content (AvgIpc) is 3.52. The molecule has 1 saturated carbocycles. The molecule has 0 aliphatic heterocycles. The fraction of sp³-hybridized carbons (Fsp3) is 0.292. The number of amides is 1. The summed E-state index contributed by atoms with van der Waals surface area (Å²) in [6.45, 7) is 1.27. The van der Waals surface area contributed by atoms with Gasteiger partial charge in [-0.15, -0.1) is 0 Å². The standard InChI is InChI=1S/C24H22F4N2O/c1-15-20(17-8-10-18(25)11-9-17)21(23(31)29(2)19-12-13-19)30(22(15)24(26,27)28)14-16-6-4-3-5-7-16/h3-11,19H,12-14H2,1-2H3. The predicted molar refractivity (Wildman–Crippen MR) is 110 cm³/mol. The maximum atomic E-state index is 14.2. The summed E-state index contributed by atoms with van der Waals surface area (Å²) in [4.78, 5) is 15.0. The van der Waals surface area contributed by atoms with Gasteiger partial charge in [-0.1, -0.05) is 42.5 Å². The summed E-state index contributed by atoms with van der Waals surface area (Å²) in [6.07, 6.45) is -3.00. The van der Waals surface area contributed by atoms with Crippen LogP contribution in [0, 0.1) is 12.7 Å². The quantitative estimate of drug-likeness (QED) is 0.463. The summed E-state index contributed by atoms with van der Waals surface area (Å²) < 4.78 is 57.2. The highest BCUT2D eigenvalue weighted by Crippen LogP contribution is 2.42. The zero-order valence-corrected chi connectivity index (χ0v) is 17.2. The molecule has 4 rings (SSSR count). The summed E-state index contributed by atoms with van der Waals surface area (Å²) in [6, 6.07) is 14.0. The van der Waals surface area contributed by atoms with Crippen molar-refractivity contribution < 1.29 is 22.4 Å². The molecule has 1 heterocycles. The SMILES string of the molecule is Cc1c(-c2ccc(F)cc2)c(C(=O)N(C)C2CC2)n(Cc2ccccc2)c1C(F)(F)F. The molecule has 31 heavy (non-hydrogen) atoms. The molecule has 3 aromatic rings. The van der Waals surface area contributed by atoms with Gasteiger partial charge in [0.2, 0.25) is 0 Å². The van der Waals surface area contributed by atoms with Crippen LogP contribution >= 0.6 is 0 Å².